The zero-order valence-electron chi connectivity index (χ0n) is 7.00. The van der Waals surface area contributed by atoms with Crippen molar-refractivity contribution in [3.8, 4) is 0 Å². The number of carboxylic acid groups (broad SMARTS) is 1. The van der Waals surface area contributed by atoms with Gasteiger partial charge in [0.1, 0.15) is 5.67 Å². The quantitative estimate of drug-likeness (QED) is 0.693. The van der Waals surface area contributed by atoms with Gasteiger partial charge in [-0.1, -0.05) is 13.8 Å². The van der Waals surface area contributed by atoms with Crippen LogP contribution in [0.15, 0.2) is 0 Å². The Morgan fingerprint density at radius 1 is 1.67 bits per heavy atom. The summed E-state index contributed by atoms with van der Waals surface area (Å²) in [6.07, 6.45) is -0.0625. The van der Waals surface area contributed by atoms with Crippen molar-refractivity contribution in [2.75, 3.05) is 0 Å². The normalized spacial score (nSPS) is 39.1. The summed E-state index contributed by atoms with van der Waals surface area (Å²) < 4.78 is 13.4. The van der Waals surface area contributed by atoms with Crippen molar-refractivity contribution < 1.29 is 14.3 Å². The Labute approximate surface area is 76.5 Å². The average molecular weight is 198 g/mol. The Morgan fingerprint density at radius 3 is 2.17 bits per heavy atom. The topological polar surface area (TPSA) is 63.3 Å². The summed E-state index contributed by atoms with van der Waals surface area (Å²) in [5.41, 5.74) is 1.97. The maximum Gasteiger partial charge on any atom is 0.327 e. The first-order chi connectivity index (χ1) is 4.84. The maximum absolute atomic E-state index is 13.4. The summed E-state index contributed by atoms with van der Waals surface area (Å²) in [6.45, 7) is 3.27. The van der Waals surface area contributed by atoms with Crippen molar-refractivity contribution in [2.45, 2.75) is 31.5 Å². The van der Waals surface area contributed by atoms with Gasteiger partial charge in [-0.2, -0.15) is 0 Å². The number of hydrogen-bond donors (Lipinski definition) is 2. The first-order valence-corrected chi connectivity index (χ1v) is 3.56. The van der Waals surface area contributed by atoms with Crippen LogP contribution in [0.5, 0.6) is 0 Å². The Morgan fingerprint density at radius 2 is 2.08 bits per heavy atom. The summed E-state index contributed by atoms with van der Waals surface area (Å²) in [4.78, 5) is 10.4. The van der Waals surface area contributed by atoms with E-state index in [1.807, 2.05) is 0 Å². The van der Waals surface area contributed by atoms with E-state index in [9.17, 15) is 9.18 Å². The number of carboxylic acids is 1. The highest BCUT2D eigenvalue weighted by atomic mass is 35.5. The SMILES string of the molecule is CC(C)[C@]1(F)C[C@]1(N)C(=O)O.Cl. The van der Waals surface area contributed by atoms with Crippen LogP contribution in [0.2, 0.25) is 0 Å². The molecule has 0 radical (unpaired) electrons. The van der Waals surface area contributed by atoms with Crippen molar-refractivity contribution in [2.24, 2.45) is 11.7 Å². The molecule has 0 aromatic heterocycles. The summed E-state index contributed by atoms with van der Waals surface area (Å²) in [5, 5.41) is 8.53. The zero-order valence-corrected chi connectivity index (χ0v) is 7.82. The third-order valence-electron chi connectivity index (χ3n) is 2.45. The van der Waals surface area contributed by atoms with E-state index in [4.69, 9.17) is 10.8 Å². The molecule has 0 unspecified atom stereocenters. The van der Waals surface area contributed by atoms with Gasteiger partial charge < -0.3 is 10.8 Å². The molecule has 72 valence electrons. The average Bonchev–Trinajstić information content (AvgIpc) is 2.39. The summed E-state index contributed by atoms with van der Waals surface area (Å²) >= 11 is 0. The molecular weight excluding hydrogens is 185 g/mol. The smallest absolute Gasteiger partial charge is 0.327 e. The molecule has 1 aliphatic rings. The van der Waals surface area contributed by atoms with Gasteiger partial charge >= 0.3 is 5.97 Å². The minimum Gasteiger partial charge on any atom is -0.480 e. The van der Waals surface area contributed by atoms with Crippen LogP contribution in [0, 0.1) is 5.92 Å². The number of halogens is 2. The van der Waals surface area contributed by atoms with E-state index in [0.717, 1.165) is 0 Å². The molecule has 2 atom stereocenters. The van der Waals surface area contributed by atoms with Gasteiger partial charge in [0.25, 0.3) is 0 Å². The molecule has 0 aliphatic heterocycles. The van der Waals surface area contributed by atoms with Crippen molar-refractivity contribution >= 4 is 18.4 Å². The van der Waals surface area contributed by atoms with Crippen LogP contribution in [0.3, 0.4) is 0 Å². The van der Waals surface area contributed by atoms with E-state index in [0.29, 0.717) is 0 Å². The monoisotopic (exact) mass is 197 g/mol. The van der Waals surface area contributed by atoms with Gasteiger partial charge in [-0.05, 0) is 5.92 Å². The molecule has 3 N–H and O–H groups in total. The lowest BCUT2D eigenvalue weighted by atomic mass is 10.0. The van der Waals surface area contributed by atoms with Crippen LogP contribution < -0.4 is 5.73 Å². The molecule has 0 spiro atoms. The van der Waals surface area contributed by atoms with Gasteiger partial charge in [0, 0.05) is 6.42 Å². The molecule has 5 heteroatoms. The van der Waals surface area contributed by atoms with Crippen LogP contribution in [-0.2, 0) is 4.79 Å². The fourth-order valence-corrected chi connectivity index (χ4v) is 1.33. The lowest BCUT2D eigenvalue weighted by Gasteiger charge is -2.14. The molecule has 0 bridgehead atoms. The second-order valence-corrected chi connectivity index (χ2v) is 3.47. The standard InChI is InChI=1S/C7H12FNO2.ClH/c1-4(2)6(8)3-7(6,9)5(10)11;/h4H,3,9H2,1-2H3,(H,10,11);1H/t6-,7+;/m1./s1. The summed E-state index contributed by atoms with van der Waals surface area (Å²) in [5.74, 6) is -1.57. The van der Waals surface area contributed by atoms with Gasteiger partial charge in [0.05, 0.1) is 0 Å². The van der Waals surface area contributed by atoms with E-state index < -0.39 is 17.2 Å². The highest BCUT2D eigenvalue weighted by molar-refractivity contribution is 5.85. The van der Waals surface area contributed by atoms with Crippen LogP contribution in [0.25, 0.3) is 0 Å². The second kappa shape index (κ2) is 2.85. The Balaban J connectivity index is 0.00000121. The van der Waals surface area contributed by atoms with Crippen molar-refractivity contribution in [3.05, 3.63) is 0 Å². The fraction of sp³-hybridized carbons (Fsp3) is 0.857. The molecule has 12 heavy (non-hydrogen) atoms. The third-order valence-corrected chi connectivity index (χ3v) is 2.45. The number of aliphatic carboxylic acids is 1. The fourth-order valence-electron chi connectivity index (χ4n) is 1.33. The molecule has 3 nitrogen and oxygen atoms in total. The minimum atomic E-state index is -1.70. The van der Waals surface area contributed by atoms with Crippen LogP contribution >= 0.6 is 12.4 Å². The summed E-state index contributed by atoms with van der Waals surface area (Å²) in [6, 6.07) is 0. The van der Waals surface area contributed by atoms with Crippen molar-refractivity contribution in [3.63, 3.8) is 0 Å². The Hall–Kier alpha value is -0.350. The highest BCUT2D eigenvalue weighted by Gasteiger charge is 2.73. The molecule has 0 heterocycles. The Bertz CT molecular complexity index is 212. The van der Waals surface area contributed by atoms with Gasteiger partial charge in [0.2, 0.25) is 0 Å². The molecular formula is C7H13ClFNO2. The van der Waals surface area contributed by atoms with E-state index in [-0.39, 0.29) is 24.7 Å². The Kier molecular flexibility index (Phi) is 2.77. The lowest BCUT2D eigenvalue weighted by Crippen LogP contribution is -2.42. The van der Waals surface area contributed by atoms with E-state index in [1.54, 1.807) is 13.8 Å². The number of nitrogens with two attached hydrogens (primary N) is 1. The maximum atomic E-state index is 13.4. The molecule has 0 aromatic rings. The third kappa shape index (κ3) is 1.19. The van der Waals surface area contributed by atoms with E-state index >= 15 is 0 Å². The predicted molar refractivity (Wildman–Crippen MR) is 45.1 cm³/mol. The van der Waals surface area contributed by atoms with Crippen LogP contribution in [0.1, 0.15) is 20.3 Å². The second-order valence-electron chi connectivity index (χ2n) is 3.47. The predicted octanol–water partition coefficient (Wildman–Crippen LogP) is 0.958. The van der Waals surface area contributed by atoms with E-state index in [1.165, 1.54) is 0 Å². The molecule has 1 saturated carbocycles. The van der Waals surface area contributed by atoms with Gasteiger partial charge in [-0.3, -0.25) is 4.79 Å². The van der Waals surface area contributed by atoms with Crippen LogP contribution in [-0.4, -0.2) is 22.3 Å². The van der Waals surface area contributed by atoms with Gasteiger partial charge in [-0.15, -0.1) is 12.4 Å². The molecule has 1 aliphatic carbocycles. The number of hydrogen-bond acceptors (Lipinski definition) is 2. The van der Waals surface area contributed by atoms with Gasteiger partial charge in [0.15, 0.2) is 5.54 Å². The van der Waals surface area contributed by atoms with E-state index in [2.05, 4.69) is 0 Å². The van der Waals surface area contributed by atoms with Crippen molar-refractivity contribution in [1.82, 2.24) is 0 Å². The summed E-state index contributed by atoms with van der Waals surface area (Å²) in [7, 11) is 0. The number of alkyl halides is 1. The molecule has 1 fully saturated rings. The highest BCUT2D eigenvalue weighted by Crippen LogP contribution is 2.54. The number of carbonyl (C=O) groups is 1. The van der Waals surface area contributed by atoms with Gasteiger partial charge in [-0.25, -0.2) is 4.39 Å². The number of rotatable bonds is 2. The van der Waals surface area contributed by atoms with Crippen molar-refractivity contribution in [1.29, 1.82) is 0 Å². The lowest BCUT2D eigenvalue weighted by molar-refractivity contribution is -0.141. The largest absolute Gasteiger partial charge is 0.480 e. The first kappa shape index (κ1) is 11.6. The molecule has 0 saturated heterocycles. The first-order valence-electron chi connectivity index (χ1n) is 3.56. The minimum absolute atomic E-state index is 0. The molecule has 1 rings (SSSR count). The van der Waals surface area contributed by atoms with Crippen LogP contribution in [0.4, 0.5) is 4.39 Å². The molecule has 0 aromatic carbocycles. The molecule has 0 amide bonds. The zero-order chi connectivity index (χ0) is 8.86.